The molecule has 1 saturated heterocycles. The fourth-order valence-corrected chi connectivity index (χ4v) is 3.51. The van der Waals surface area contributed by atoms with Crippen LogP contribution in [0.5, 0.6) is 11.6 Å². The van der Waals surface area contributed by atoms with Crippen LogP contribution < -0.4 is 14.8 Å². The number of hydrogen-bond donors (Lipinski definition) is 2. The summed E-state index contributed by atoms with van der Waals surface area (Å²) < 4.78 is 25.3. The van der Waals surface area contributed by atoms with Crippen LogP contribution in [0.25, 0.3) is 15.6 Å². The van der Waals surface area contributed by atoms with E-state index in [2.05, 4.69) is 27.0 Å². The molecule has 1 amide bonds. The minimum atomic E-state index is -1.55. The molecule has 0 radical (unpaired) electrons. The maximum Gasteiger partial charge on any atom is 0.255 e. The Hall–Kier alpha value is -3.36. The Labute approximate surface area is 180 Å². The number of rotatable bonds is 5. The summed E-state index contributed by atoms with van der Waals surface area (Å²) in [4.78, 5) is 19.5. The third-order valence-electron chi connectivity index (χ3n) is 5.12. The lowest BCUT2D eigenvalue weighted by Gasteiger charge is -2.19. The van der Waals surface area contributed by atoms with Crippen LogP contribution in [0.3, 0.4) is 0 Å². The summed E-state index contributed by atoms with van der Waals surface area (Å²) in [5, 5.41) is 13.7. The number of aromatic nitrogens is 1. The first-order valence-corrected chi connectivity index (χ1v) is 9.89. The van der Waals surface area contributed by atoms with E-state index in [0.717, 1.165) is 0 Å². The zero-order chi connectivity index (χ0) is 22.8. The van der Waals surface area contributed by atoms with Crippen molar-refractivity contribution in [2.75, 3.05) is 13.7 Å². The molecule has 162 valence electrons. The maximum absolute atomic E-state index is 14.1. The van der Waals surface area contributed by atoms with Crippen molar-refractivity contribution < 1.29 is 23.8 Å². The van der Waals surface area contributed by atoms with Crippen molar-refractivity contribution in [2.45, 2.75) is 45.0 Å². The van der Waals surface area contributed by atoms with Crippen LogP contribution in [-0.4, -0.2) is 47.5 Å². The van der Waals surface area contributed by atoms with E-state index in [1.54, 1.807) is 26.0 Å². The number of ether oxygens (including phenoxy) is 2. The number of halogens is 1. The van der Waals surface area contributed by atoms with Crippen LogP contribution >= 0.6 is 0 Å². The van der Waals surface area contributed by atoms with Crippen molar-refractivity contribution in [3.63, 3.8) is 0 Å². The van der Waals surface area contributed by atoms with Gasteiger partial charge in [-0.15, -0.1) is 0 Å². The lowest BCUT2D eigenvalue weighted by Crippen LogP contribution is -2.34. The van der Waals surface area contributed by atoms with Gasteiger partial charge < -0.3 is 19.9 Å². The second kappa shape index (κ2) is 8.79. The Morgan fingerprint density at radius 1 is 1.39 bits per heavy atom. The topological polar surface area (TPSA) is 85.0 Å². The SMILES string of the molecule is [C-]#[N+]c1cc2c(C#CC(C)(C)O)cnc(OC[C@H]3NC(=O)[C@@H](F)[C@H]3CC)c2cc1OC. The van der Waals surface area contributed by atoms with Gasteiger partial charge in [0.05, 0.1) is 19.7 Å². The van der Waals surface area contributed by atoms with E-state index >= 15 is 0 Å². The Morgan fingerprint density at radius 2 is 2.13 bits per heavy atom. The number of methoxy groups -OCH3 is 1. The summed E-state index contributed by atoms with van der Waals surface area (Å²) in [6, 6.07) is 2.81. The van der Waals surface area contributed by atoms with Gasteiger partial charge in [-0.25, -0.2) is 14.2 Å². The lowest BCUT2D eigenvalue weighted by atomic mass is 9.97. The Bertz CT molecular complexity index is 1110. The number of alkyl halides is 1. The molecule has 2 heterocycles. The Balaban J connectivity index is 2.03. The summed E-state index contributed by atoms with van der Waals surface area (Å²) >= 11 is 0. The van der Waals surface area contributed by atoms with Gasteiger partial charge >= 0.3 is 0 Å². The monoisotopic (exact) mass is 425 g/mol. The molecule has 0 saturated carbocycles. The summed E-state index contributed by atoms with van der Waals surface area (Å²) in [5.41, 5.74) is -0.385. The molecule has 3 atom stereocenters. The molecule has 7 nitrogen and oxygen atoms in total. The molecule has 3 rings (SSSR count). The smallest absolute Gasteiger partial charge is 0.255 e. The van der Waals surface area contributed by atoms with Crippen molar-refractivity contribution in [1.29, 1.82) is 0 Å². The number of nitrogens with zero attached hydrogens (tertiary/aromatic N) is 2. The molecule has 1 fully saturated rings. The van der Waals surface area contributed by atoms with Crippen molar-refractivity contribution in [1.82, 2.24) is 10.3 Å². The average Bonchev–Trinajstić information content (AvgIpc) is 3.01. The highest BCUT2D eigenvalue weighted by Gasteiger charge is 2.41. The van der Waals surface area contributed by atoms with Crippen LogP contribution in [0, 0.1) is 24.3 Å². The van der Waals surface area contributed by atoms with Crippen molar-refractivity contribution in [3.05, 3.63) is 35.3 Å². The number of aliphatic hydroxyl groups is 1. The highest BCUT2D eigenvalue weighted by molar-refractivity contribution is 5.96. The zero-order valence-electron chi connectivity index (χ0n) is 17.8. The van der Waals surface area contributed by atoms with Gasteiger partial charge in [0.25, 0.3) is 5.91 Å². The number of carbonyl (C=O) groups is 1. The molecule has 1 aliphatic heterocycles. The summed E-state index contributed by atoms with van der Waals surface area (Å²) in [6.07, 6.45) is 0.443. The van der Waals surface area contributed by atoms with E-state index in [4.69, 9.17) is 16.0 Å². The quantitative estimate of drug-likeness (QED) is 0.568. The second-order valence-electron chi connectivity index (χ2n) is 7.87. The van der Waals surface area contributed by atoms with Crippen molar-refractivity contribution >= 4 is 22.4 Å². The number of fused-ring (bicyclic) bond motifs is 1. The molecular formula is C23H24FN3O4. The highest BCUT2D eigenvalue weighted by atomic mass is 19.1. The third kappa shape index (κ3) is 4.70. The Kier molecular flexibility index (Phi) is 6.33. The number of hydrogen-bond acceptors (Lipinski definition) is 5. The van der Waals surface area contributed by atoms with Gasteiger partial charge in [-0.1, -0.05) is 18.8 Å². The minimum Gasteiger partial charge on any atom is -0.508 e. The standard InChI is InChI=1S/C23H24FN3O4/c1-6-14-18(27-21(28)20(14)24)12-31-22-16-10-19(30-5)17(25-4)9-15(16)13(11-26-22)7-8-23(2,3)29/h9-11,14,18,20,29H,6,12H2,1-3,5H3,(H,27,28)/t14-,18+,20-/m0/s1. The van der Waals surface area contributed by atoms with Gasteiger partial charge in [-0.2, -0.15) is 0 Å². The van der Waals surface area contributed by atoms with Gasteiger partial charge in [0.15, 0.2) is 6.17 Å². The molecule has 0 bridgehead atoms. The van der Waals surface area contributed by atoms with E-state index in [9.17, 15) is 14.3 Å². The summed E-state index contributed by atoms with van der Waals surface area (Å²) in [7, 11) is 1.46. The number of carbonyl (C=O) groups excluding carboxylic acids is 1. The molecule has 31 heavy (non-hydrogen) atoms. The second-order valence-corrected chi connectivity index (χ2v) is 7.87. The van der Waals surface area contributed by atoms with Gasteiger partial charge in [0, 0.05) is 23.1 Å². The van der Waals surface area contributed by atoms with Crippen molar-refractivity contribution in [3.8, 4) is 23.5 Å². The van der Waals surface area contributed by atoms with Crippen LogP contribution in [0.15, 0.2) is 18.3 Å². The molecule has 8 heteroatoms. The summed E-state index contributed by atoms with van der Waals surface area (Å²) in [5.74, 6) is 5.15. The molecule has 2 aromatic rings. The van der Waals surface area contributed by atoms with Gasteiger partial charge in [0.2, 0.25) is 11.6 Å². The molecule has 0 unspecified atom stereocenters. The number of benzene rings is 1. The normalized spacial score (nSPS) is 20.5. The van der Waals surface area contributed by atoms with Crippen LogP contribution in [0.2, 0.25) is 0 Å². The molecule has 1 aromatic heterocycles. The van der Waals surface area contributed by atoms with Crippen LogP contribution in [-0.2, 0) is 4.79 Å². The van der Waals surface area contributed by atoms with Crippen molar-refractivity contribution in [2.24, 2.45) is 5.92 Å². The third-order valence-corrected chi connectivity index (χ3v) is 5.12. The Morgan fingerprint density at radius 3 is 2.74 bits per heavy atom. The van der Waals surface area contributed by atoms with E-state index < -0.39 is 29.6 Å². The van der Waals surface area contributed by atoms with E-state index in [1.165, 1.54) is 13.3 Å². The molecular weight excluding hydrogens is 401 g/mol. The molecule has 2 N–H and O–H groups in total. The largest absolute Gasteiger partial charge is 0.508 e. The van der Waals surface area contributed by atoms with E-state index in [1.807, 2.05) is 6.92 Å². The lowest BCUT2D eigenvalue weighted by molar-refractivity contribution is -0.123. The molecule has 0 aliphatic carbocycles. The first-order chi connectivity index (χ1) is 14.7. The van der Waals surface area contributed by atoms with Crippen LogP contribution in [0.4, 0.5) is 10.1 Å². The van der Waals surface area contributed by atoms with E-state index in [-0.39, 0.29) is 12.5 Å². The zero-order valence-corrected chi connectivity index (χ0v) is 17.8. The number of amides is 1. The van der Waals surface area contributed by atoms with Gasteiger partial charge in [-0.05, 0) is 37.8 Å². The number of nitrogens with one attached hydrogen (secondary N) is 1. The fraction of sp³-hybridized carbons (Fsp3) is 0.435. The molecule has 0 spiro atoms. The maximum atomic E-state index is 14.1. The molecule has 1 aliphatic rings. The highest BCUT2D eigenvalue weighted by Crippen LogP contribution is 2.37. The summed E-state index contributed by atoms with van der Waals surface area (Å²) in [6.45, 7) is 12.4. The number of pyridine rings is 1. The first kappa shape index (κ1) is 22.3. The molecule has 1 aromatic carbocycles. The fourth-order valence-electron chi connectivity index (χ4n) is 3.51. The average molecular weight is 425 g/mol. The van der Waals surface area contributed by atoms with Crippen LogP contribution in [0.1, 0.15) is 32.8 Å². The predicted octanol–water partition coefficient (Wildman–Crippen LogP) is 3.16. The predicted molar refractivity (Wildman–Crippen MR) is 114 cm³/mol. The minimum absolute atomic E-state index is 0.0499. The van der Waals surface area contributed by atoms with E-state index in [0.29, 0.717) is 34.2 Å². The van der Waals surface area contributed by atoms with Gasteiger partial charge in [0.1, 0.15) is 18.0 Å². The van der Waals surface area contributed by atoms with Gasteiger partial charge in [-0.3, -0.25) is 4.79 Å². The first-order valence-electron chi connectivity index (χ1n) is 9.89.